The Bertz CT molecular complexity index is 1020. The van der Waals surface area contributed by atoms with Gasteiger partial charge in [0, 0.05) is 12.1 Å². The van der Waals surface area contributed by atoms with Crippen LogP contribution >= 0.6 is 11.6 Å². The van der Waals surface area contributed by atoms with Crippen LogP contribution < -0.4 is 4.74 Å². The lowest BCUT2D eigenvalue weighted by atomic mass is 10.0. The first-order chi connectivity index (χ1) is 13.8. The second-order valence-electron chi connectivity index (χ2n) is 6.35. The molecule has 0 radical (unpaired) electrons. The molecule has 0 aliphatic carbocycles. The molecule has 0 spiro atoms. The van der Waals surface area contributed by atoms with E-state index >= 15 is 0 Å². The van der Waals surface area contributed by atoms with Crippen LogP contribution in [-0.2, 0) is 6.42 Å². The van der Waals surface area contributed by atoms with Crippen LogP contribution in [0.1, 0.15) is 29.3 Å². The molecule has 0 aliphatic rings. The Labute approximate surface area is 169 Å². The van der Waals surface area contributed by atoms with Gasteiger partial charge >= 0.3 is 5.97 Å². The van der Waals surface area contributed by atoms with Crippen LogP contribution in [-0.4, -0.2) is 5.97 Å². The normalized spacial score (nSPS) is 10.8. The summed E-state index contributed by atoms with van der Waals surface area (Å²) in [6.45, 7) is 2.07. The van der Waals surface area contributed by atoms with Gasteiger partial charge < -0.3 is 4.74 Å². The highest BCUT2D eigenvalue weighted by molar-refractivity contribution is 6.34. The third kappa shape index (κ3) is 4.59. The van der Waals surface area contributed by atoms with E-state index in [9.17, 15) is 22.4 Å². The van der Waals surface area contributed by atoms with Crippen LogP contribution in [0.15, 0.2) is 48.5 Å². The smallest absolute Gasteiger partial charge is 0.348 e. The minimum absolute atomic E-state index is 0.231. The summed E-state index contributed by atoms with van der Waals surface area (Å²) in [7, 11) is 0. The maximum absolute atomic E-state index is 14.6. The molecular formula is C22H15ClF4O2. The number of carbonyl (C=O) groups excluding carboxylic acids is 1. The van der Waals surface area contributed by atoms with Gasteiger partial charge in [0.15, 0.2) is 17.5 Å². The first-order valence-corrected chi connectivity index (χ1v) is 9.13. The maximum Gasteiger partial charge on any atom is 0.348 e. The van der Waals surface area contributed by atoms with Crippen LogP contribution in [0, 0.1) is 23.3 Å². The number of halogens is 5. The molecule has 0 amide bonds. The molecule has 0 N–H and O–H groups in total. The second-order valence-corrected chi connectivity index (χ2v) is 6.76. The van der Waals surface area contributed by atoms with Crippen molar-refractivity contribution < 1.29 is 27.1 Å². The molecule has 3 aromatic carbocycles. The molecule has 0 bridgehead atoms. The van der Waals surface area contributed by atoms with Gasteiger partial charge in [0.05, 0.1) is 5.02 Å². The largest absolute Gasteiger partial charge is 0.423 e. The van der Waals surface area contributed by atoms with Crippen molar-refractivity contribution in [3.63, 3.8) is 0 Å². The number of esters is 1. The minimum atomic E-state index is -1.71. The molecule has 0 saturated heterocycles. The SMILES string of the molecule is CCCc1ccc(-c2cc(F)c(C(=O)Oc3cc(F)c(F)c(F)c3)c(Cl)c2)cc1. The summed E-state index contributed by atoms with van der Waals surface area (Å²) in [6, 6.07) is 10.9. The average molecular weight is 423 g/mol. The molecule has 150 valence electrons. The fourth-order valence-electron chi connectivity index (χ4n) is 2.84. The van der Waals surface area contributed by atoms with Crippen molar-refractivity contribution in [2.75, 3.05) is 0 Å². The highest BCUT2D eigenvalue weighted by atomic mass is 35.5. The molecule has 0 saturated carbocycles. The molecule has 7 heteroatoms. The molecule has 0 aromatic heterocycles. The van der Waals surface area contributed by atoms with Crippen LogP contribution in [0.4, 0.5) is 17.6 Å². The van der Waals surface area contributed by atoms with Gasteiger partial charge in [-0.05, 0) is 35.2 Å². The van der Waals surface area contributed by atoms with Crippen molar-refractivity contribution in [3.05, 3.63) is 87.9 Å². The number of carbonyl (C=O) groups is 1. The van der Waals surface area contributed by atoms with E-state index in [0.29, 0.717) is 23.3 Å². The zero-order valence-electron chi connectivity index (χ0n) is 15.2. The standard InChI is InChI=1S/C22H15ClF4O2/c1-2-3-12-4-6-13(7-5-12)14-8-16(23)20(17(24)9-14)22(28)29-15-10-18(25)21(27)19(26)11-15/h4-11H,2-3H2,1H3. The Morgan fingerprint density at radius 3 is 2.07 bits per heavy atom. The van der Waals surface area contributed by atoms with E-state index in [1.807, 2.05) is 24.3 Å². The van der Waals surface area contributed by atoms with Crippen molar-refractivity contribution >= 4 is 17.6 Å². The zero-order chi connectivity index (χ0) is 21.1. The van der Waals surface area contributed by atoms with Crippen LogP contribution in [0.5, 0.6) is 5.75 Å². The summed E-state index contributed by atoms with van der Waals surface area (Å²) in [4.78, 5) is 12.2. The number of benzene rings is 3. The quantitative estimate of drug-likeness (QED) is 0.197. The molecular weight excluding hydrogens is 408 g/mol. The first-order valence-electron chi connectivity index (χ1n) is 8.75. The maximum atomic E-state index is 14.6. The molecule has 29 heavy (non-hydrogen) atoms. The summed E-state index contributed by atoms with van der Waals surface area (Å²) in [5.41, 5.74) is 1.70. The minimum Gasteiger partial charge on any atom is -0.423 e. The van der Waals surface area contributed by atoms with Gasteiger partial charge in [0.1, 0.15) is 17.1 Å². The van der Waals surface area contributed by atoms with Gasteiger partial charge in [0.25, 0.3) is 0 Å². The molecule has 0 fully saturated rings. The van der Waals surface area contributed by atoms with Gasteiger partial charge in [-0.25, -0.2) is 22.4 Å². The highest BCUT2D eigenvalue weighted by Crippen LogP contribution is 2.30. The number of hydrogen-bond acceptors (Lipinski definition) is 2. The summed E-state index contributed by atoms with van der Waals surface area (Å²) < 4.78 is 58.9. The first kappa shape index (κ1) is 20.9. The van der Waals surface area contributed by atoms with E-state index in [-0.39, 0.29) is 5.02 Å². The molecule has 0 aliphatic heterocycles. The van der Waals surface area contributed by atoms with E-state index in [4.69, 9.17) is 16.3 Å². The van der Waals surface area contributed by atoms with Crippen molar-refractivity contribution in [3.8, 4) is 16.9 Å². The lowest BCUT2D eigenvalue weighted by Gasteiger charge is -2.10. The Morgan fingerprint density at radius 1 is 0.897 bits per heavy atom. The van der Waals surface area contributed by atoms with E-state index in [2.05, 4.69) is 6.92 Å². The van der Waals surface area contributed by atoms with Crippen LogP contribution in [0.25, 0.3) is 11.1 Å². The van der Waals surface area contributed by atoms with E-state index in [1.54, 1.807) is 0 Å². The van der Waals surface area contributed by atoms with Crippen LogP contribution in [0.3, 0.4) is 0 Å². The molecule has 3 aromatic rings. The lowest BCUT2D eigenvalue weighted by Crippen LogP contribution is -2.12. The second kappa shape index (κ2) is 8.66. The van der Waals surface area contributed by atoms with Crippen molar-refractivity contribution in [1.29, 1.82) is 0 Å². The predicted octanol–water partition coefficient (Wildman–Crippen LogP) is 6.74. The third-order valence-corrected chi connectivity index (χ3v) is 4.54. The number of aryl methyl sites for hydroxylation is 1. The lowest BCUT2D eigenvalue weighted by molar-refractivity contribution is 0.0729. The van der Waals surface area contributed by atoms with Crippen molar-refractivity contribution in [1.82, 2.24) is 0 Å². The number of hydrogen-bond donors (Lipinski definition) is 0. The Kier molecular flexibility index (Phi) is 6.23. The monoisotopic (exact) mass is 422 g/mol. The molecule has 3 rings (SSSR count). The average Bonchev–Trinajstić information content (AvgIpc) is 2.66. The number of rotatable bonds is 5. The summed E-state index contributed by atoms with van der Waals surface area (Å²) in [5.74, 6) is -7.62. The Balaban J connectivity index is 1.88. The Morgan fingerprint density at radius 2 is 1.52 bits per heavy atom. The van der Waals surface area contributed by atoms with Crippen molar-refractivity contribution in [2.24, 2.45) is 0 Å². The number of ether oxygens (including phenoxy) is 1. The van der Waals surface area contributed by atoms with Gasteiger partial charge in [-0.2, -0.15) is 0 Å². The fraction of sp³-hybridized carbons (Fsp3) is 0.136. The van der Waals surface area contributed by atoms with Gasteiger partial charge in [-0.1, -0.05) is 49.2 Å². The van der Waals surface area contributed by atoms with Gasteiger partial charge in [-0.3, -0.25) is 0 Å². The third-order valence-electron chi connectivity index (χ3n) is 4.24. The Hall–Kier alpha value is -2.86. The fourth-order valence-corrected chi connectivity index (χ4v) is 3.12. The van der Waals surface area contributed by atoms with E-state index < -0.39 is 40.6 Å². The van der Waals surface area contributed by atoms with E-state index in [0.717, 1.165) is 24.5 Å². The molecule has 0 unspecified atom stereocenters. The van der Waals surface area contributed by atoms with E-state index in [1.165, 1.54) is 6.07 Å². The summed E-state index contributed by atoms with van der Waals surface area (Å²) in [6.07, 6.45) is 1.92. The van der Waals surface area contributed by atoms with Crippen molar-refractivity contribution in [2.45, 2.75) is 19.8 Å². The topological polar surface area (TPSA) is 26.3 Å². The zero-order valence-corrected chi connectivity index (χ0v) is 16.0. The summed E-state index contributed by atoms with van der Waals surface area (Å²) in [5, 5.41) is -0.231. The summed E-state index contributed by atoms with van der Waals surface area (Å²) >= 11 is 6.07. The molecule has 0 atom stereocenters. The molecule has 2 nitrogen and oxygen atoms in total. The van der Waals surface area contributed by atoms with Gasteiger partial charge in [-0.15, -0.1) is 0 Å². The highest BCUT2D eigenvalue weighted by Gasteiger charge is 2.21. The van der Waals surface area contributed by atoms with Gasteiger partial charge in [0.2, 0.25) is 0 Å². The molecule has 0 heterocycles. The van der Waals surface area contributed by atoms with Crippen LogP contribution in [0.2, 0.25) is 5.02 Å². The predicted molar refractivity (Wildman–Crippen MR) is 102 cm³/mol.